The number of nitrogens with zero attached hydrogens (tertiary/aromatic N) is 2. The van der Waals surface area contributed by atoms with Crippen molar-refractivity contribution < 1.29 is 4.79 Å². The van der Waals surface area contributed by atoms with Gasteiger partial charge in [-0.15, -0.1) is 0 Å². The summed E-state index contributed by atoms with van der Waals surface area (Å²) < 4.78 is 0.958. The molecule has 0 aromatic carbocycles. The highest BCUT2D eigenvalue weighted by Crippen LogP contribution is 2.20. The van der Waals surface area contributed by atoms with Crippen LogP contribution in [0.5, 0.6) is 0 Å². The molecule has 1 aliphatic rings. The van der Waals surface area contributed by atoms with Crippen LogP contribution in [-0.4, -0.2) is 35.4 Å². The number of pyridine rings is 1. The van der Waals surface area contributed by atoms with E-state index >= 15 is 0 Å². The molecule has 0 spiro atoms. The maximum Gasteiger partial charge on any atom is 0.229 e. The number of rotatable bonds is 4. The van der Waals surface area contributed by atoms with E-state index in [0.717, 1.165) is 42.5 Å². The number of hydrogen-bond acceptors (Lipinski definition) is 3. The fourth-order valence-electron chi connectivity index (χ4n) is 2.49. The number of nitrogens with one attached hydrogen (secondary N) is 1. The van der Waals surface area contributed by atoms with Crippen LogP contribution in [0.1, 0.15) is 18.4 Å². The van der Waals surface area contributed by atoms with Crippen molar-refractivity contribution in [2.75, 3.05) is 25.0 Å². The van der Waals surface area contributed by atoms with Crippen LogP contribution in [-0.2, 0) is 4.79 Å². The first-order chi connectivity index (χ1) is 9.56. The first-order valence-electron chi connectivity index (χ1n) is 6.84. The molecule has 1 fully saturated rings. The van der Waals surface area contributed by atoms with Gasteiger partial charge in [0, 0.05) is 23.8 Å². The summed E-state index contributed by atoms with van der Waals surface area (Å²) in [5, 5.41) is 2.94. The van der Waals surface area contributed by atoms with Crippen molar-refractivity contribution in [3.63, 3.8) is 0 Å². The molecule has 5 heteroatoms. The van der Waals surface area contributed by atoms with Crippen LogP contribution in [0.4, 0.5) is 5.82 Å². The minimum atomic E-state index is 0.0250. The number of anilines is 1. The molecule has 0 aliphatic carbocycles. The monoisotopic (exact) mass is 337 g/mol. The van der Waals surface area contributed by atoms with E-state index in [1.54, 1.807) is 6.20 Å². The predicted octanol–water partition coefficient (Wildman–Crippen LogP) is 2.95. The molecule has 2 rings (SSSR count). The third-order valence-corrected chi connectivity index (χ3v) is 3.77. The van der Waals surface area contributed by atoms with E-state index in [-0.39, 0.29) is 11.8 Å². The van der Waals surface area contributed by atoms with Crippen molar-refractivity contribution >= 4 is 27.7 Å². The number of piperidine rings is 1. The van der Waals surface area contributed by atoms with Crippen molar-refractivity contribution in [3.05, 3.63) is 35.0 Å². The Labute approximate surface area is 128 Å². The smallest absolute Gasteiger partial charge is 0.229 e. The molecular weight excluding hydrogens is 318 g/mol. The molecule has 1 aromatic heterocycles. The number of aryl methyl sites for hydroxylation is 1. The molecule has 2 heterocycles. The molecule has 4 nitrogen and oxygen atoms in total. The normalized spacial score (nSPS) is 19.6. The van der Waals surface area contributed by atoms with Crippen LogP contribution in [0.25, 0.3) is 0 Å². The van der Waals surface area contributed by atoms with Gasteiger partial charge in [0.05, 0.1) is 5.92 Å². The molecule has 1 aliphatic heterocycles. The highest BCUT2D eigenvalue weighted by Gasteiger charge is 2.26. The highest BCUT2D eigenvalue weighted by molar-refractivity contribution is 9.11. The van der Waals surface area contributed by atoms with Gasteiger partial charge >= 0.3 is 0 Å². The maximum absolute atomic E-state index is 12.3. The predicted molar refractivity (Wildman–Crippen MR) is 84.8 cm³/mol. The van der Waals surface area contributed by atoms with E-state index in [0.29, 0.717) is 5.82 Å². The summed E-state index contributed by atoms with van der Waals surface area (Å²) in [4.78, 5) is 18.8. The fraction of sp³-hybridized carbons (Fsp3) is 0.467. The van der Waals surface area contributed by atoms with Gasteiger partial charge in [0.15, 0.2) is 0 Å². The Balaban J connectivity index is 1.95. The number of halogens is 1. The average molecular weight is 338 g/mol. The van der Waals surface area contributed by atoms with E-state index in [9.17, 15) is 4.79 Å². The molecule has 20 heavy (non-hydrogen) atoms. The number of carbonyl (C=O) groups is 1. The standard InChI is InChI=1S/C15H20BrN3O/c1-11-5-3-7-17-14(11)18-15(20)13-6-4-8-19(10-13)9-12(2)16/h3,5,7,13H,2,4,6,8-10H2,1H3,(H,17,18,20)/t13-/m0/s1. The molecule has 0 unspecified atom stereocenters. The van der Waals surface area contributed by atoms with Gasteiger partial charge in [0.2, 0.25) is 5.91 Å². The molecule has 1 atom stereocenters. The molecule has 1 N–H and O–H groups in total. The van der Waals surface area contributed by atoms with Gasteiger partial charge < -0.3 is 5.32 Å². The SMILES string of the molecule is C=C(Br)CN1CCC[C@H](C(=O)Nc2ncccc2C)C1. The van der Waals surface area contributed by atoms with Gasteiger partial charge in [-0.2, -0.15) is 0 Å². The Morgan fingerprint density at radius 2 is 2.45 bits per heavy atom. The topological polar surface area (TPSA) is 45.2 Å². The van der Waals surface area contributed by atoms with Crippen LogP contribution in [0.15, 0.2) is 29.4 Å². The van der Waals surface area contributed by atoms with Crippen LogP contribution >= 0.6 is 15.9 Å². The maximum atomic E-state index is 12.3. The lowest BCUT2D eigenvalue weighted by atomic mass is 9.97. The lowest BCUT2D eigenvalue weighted by Crippen LogP contribution is -2.41. The second-order valence-electron chi connectivity index (χ2n) is 5.25. The van der Waals surface area contributed by atoms with Crippen LogP contribution in [0, 0.1) is 12.8 Å². The Kier molecular flexibility index (Phi) is 5.31. The second kappa shape index (κ2) is 6.99. The number of carbonyl (C=O) groups excluding carboxylic acids is 1. The second-order valence-corrected chi connectivity index (χ2v) is 6.37. The first-order valence-corrected chi connectivity index (χ1v) is 7.63. The van der Waals surface area contributed by atoms with Gasteiger partial charge in [0.1, 0.15) is 5.82 Å². The van der Waals surface area contributed by atoms with E-state index < -0.39 is 0 Å². The number of amides is 1. The Morgan fingerprint density at radius 1 is 1.65 bits per heavy atom. The van der Waals surface area contributed by atoms with Gasteiger partial charge in [-0.25, -0.2) is 4.98 Å². The quantitative estimate of drug-likeness (QED) is 0.918. The van der Waals surface area contributed by atoms with E-state index in [4.69, 9.17) is 0 Å². The number of hydrogen-bond donors (Lipinski definition) is 1. The van der Waals surface area contributed by atoms with Gasteiger partial charge in [0.25, 0.3) is 0 Å². The molecular formula is C15H20BrN3O. The van der Waals surface area contributed by atoms with E-state index in [1.807, 2.05) is 19.1 Å². The third kappa shape index (κ3) is 4.15. The zero-order valence-corrected chi connectivity index (χ0v) is 13.3. The average Bonchev–Trinajstić information content (AvgIpc) is 2.41. The molecule has 1 saturated heterocycles. The summed E-state index contributed by atoms with van der Waals surface area (Å²) in [7, 11) is 0. The number of aromatic nitrogens is 1. The molecule has 0 saturated carbocycles. The Hall–Kier alpha value is -1.20. The van der Waals surface area contributed by atoms with Crippen molar-refractivity contribution in [1.82, 2.24) is 9.88 Å². The summed E-state index contributed by atoms with van der Waals surface area (Å²) in [5.74, 6) is 0.758. The molecule has 108 valence electrons. The molecule has 1 aromatic rings. The Morgan fingerprint density at radius 3 is 3.15 bits per heavy atom. The summed E-state index contributed by atoms with van der Waals surface area (Å²) in [6.45, 7) is 8.41. The molecule has 0 bridgehead atoms. The van der Waals surface area contributed by atoms with Crippen LogP contribution in [0.2, 0.25) is 0 Å². The lowest BCUT2D eigenvalue weighted by molar-refractivity contribution is -0.121. The van der Waals surface area contributed by atoms with Crippen LogP contribution in [0.3, 0.4) is 0 Å². The molecule has 1 amide bonds. The fourth-order valence-corrected chi connectivity index (χ4v) is 2.85. The largest absolute Gasteiger partial charge is 0.310 e. The van der Waals surface area contributed by atoms with Gasteiger partial charge in [-0.1, -0.05) is 28.6 Å². The van der Waals surface area contributed by atoms with Crippen molar-refractivity contribution in [2.24, 2.45) is 5.92 Å². The summed E-state index contributed by atoms with van der Waals surface area (Å²) in [6.07, 6.45) is 3.67. The van der Waals surface area contributed by atoms with Gasteiger partial charge in [-0.3, -0.25) is 9.69 Å². The zero-order valence-electron chi connectivity index (χ0n) is 11.7. The van der Waals surface area contributed by atoms with Crippen LogP contribution < -0.4 is 5.32 Å². The first kappa shape index (κ1) is 15.2. The lowest BCUT2D eigenvalue weighted by Gasteiger charge is -2.31. The Bertz CT molecular complexity index is 504. The highest BCUT2D eigenvalue weighted by atomic mass is 79.9. The molecule has 0 radical (unpaired) electrons. The summed E-state index contributed by atoms with van der Waals surface area (Å²) in [5.41, 5.74) is 0.988. The zero-order chi connectivity index (χ0) is 14.5. The van der Waals surface area contributed by atoms with E-state index in [2.05, 4.69) is 37.7 Å². The van der Waals surface area contributed by atoms with E-state index in [1.165, 1.54) is 0 Å². The summed E-state index contributed by atoms with van der Waals surface area (Å²) in [6, 6.07) is 3.82. The van der Waals surface area contributed by atoms with Crippen molar-refractivity contribution in [1.29, 1.82) is 0 Å². The number of likely N-dealkylation sites (tertiary alicyclic amines) is 1. The third-order valence-electron chi connectivity index (χ3n) is 3.52. The van der Waals surface area contributed by atoms with Crippen molar-refractivity contribution in [2.45, 2.75) is 19.8 Å². The summed E-state index contributed by atoms with van der Waals surface area (Å²) >= 11 is 3.38. The van der Waals surface area contributed by atoms with Crippen molar-refractivity contribution in [3.8, 4) is 0 Å². The minimum absolute atomic E-state index is 0.0250. The van der Waals surface area contributed by atoms with Gasteiger partial charge in [-0.05, 0) is 37.9 Å². The minimum Gasteiger partial charge on any atom is -0.310 e.